The predicted octanol–water partition coefficient (Wildman–Crippen LogP) is 3.53. The van der Waals surface area contributed by atoms with Gasteiger partial charge in [0.15, 0.2) is 6.61 Å². The van der Waals surface area contributed by atoms with E-state index in [-0.39, 0.29) is 12.5 Å². The highest BCUT2D eigenvalue weighted by Gasteiger charge is 2.07. The summed E-state index contributed by atoms with van der Waals surface area (Å²) in [5.41, 5.74) is 2.62. The summed E-state index contributed by atoms with van der Waals surface area (Å²) in [6, 6.07) is 15.2. The molecule has 0 aliphatic carbocycles. The summed E-state index contributed by atoms with van der Waals surface area (Å²) in [6.45, 7) is 2.45. The number of anilines is 2. The standard InChI is InChI=1S/C20H25N3O3/c1-4-13-25-19-8-6-5-7-18(19)22-20(24)15-26-21-14-16-9-11-17(12-10-16)23(2)3/h5-12,14H,4,13,15H2,1-3H3,(H,22,24)/b21-14+. The summed E-state index contributed by atoms with van der Waals surface area (Å²) < 4.78 is 5.61. The summed E-state index contributed by atoms with van der Waals surface area (Å²) in [7, 11) is 3.96. The number of hydrogen-bond donors (Lipinski definition) is 1. The van der Waals surface area contributed by atoms with Gasteiger partial charge in [-0.25, -0.2) is 0 Å². The molecule has 6 heteroatoms. The average Bonchev–Trinajstić information content (AvgIpc) is 2.65. The number of nitrogens with one attached hydrogen (secondary N) is 1. The number of carbonyl (C=O) groups excluding carboxylic acids is 1. The molecule has 0 unspecified atom stereocenters. The van der Waals surface area contributed by atoms with Gasteiger partial charge >= 0.3 is 0 Å². The maximum Gasteiger partial charge on any atom is 0.265 e. The van der Waals surface area contributed by atoms with Crippen LogP contribution in [0.2, 0.25) is 0 Å². The Morgan fingerprint density at radius 1 is 1.15 bits per heavy atom. The molecule has 138 valence electrons. The fourth-order valence-corrected chi connectivity index (χ4v) is 2.15. The van der Waals surface area contributed by atoms with Gasteiger partial charge in [0, 0.05) is 19.8 Å². The number of benzene rings is 2. The molecule has 0 aliphatic rings. The van der Waals surface area contributed by atoms with Crippen molar-refractivity contribution in [2.75, 3.05) is 37.5 Å². The van der Waals surface area contributed by atoms with Crippen LogP contribution >= 0.6 is 0 Å². The van der Waals surface area contributed by atoms with Crippen LogP contribution in [-0.4, -0.2) is 39.4 Å². The van der Waals surface area contributed by atoms with Crippen LogP contribution in [0.15, 0.2) is 53.7 Å². The van der Waals surface area contributed by atoms with Crippen LogP contribution in [0.3, 0.4) is 0 Å². The Morgan fingerprint density at radius 2 is 1.88 bits per heavy atom. The number of rotatable bonds is 9. The number of hydrogen-bond acceptors (Lipinski definition) is 5. The zero-order valence-electron chi connectivity index (χ0n) is 15.4. The molecule has 0 radical (unpaired) electrons. The highest BCUT2D eigenvalue weighted by molar-refractivity contribution is 5.93. The molecule has 0 atom stereocenters. The number of para-hydroxylation sites is 2. The Morgan fingerprint density at radius 3 is 2.58 bits per heavy atom. The lowest BCUT2D eigenvalue weighted by Gasteiger charge is -2.11. The maximum absolute atomic E-state index is 12.0. The van der Waals surface area contributed by atoms with Gasteiger partial charge in [0.2, 0.25) is 0 Å². The molecule has 0 spiro atoms. The zero-order valence-corrected chi connectivity index (χ0v) is 15.4. The topological polar surface area (TPSA) is 63.2 Å². The smallest absolute Gasteiger partial charge is 0.265 e. The van der Waals surface area contributed by atoms with Gasteiger partial charge < -0.3 is 19.8 Å². The van der Waals surface area contributed by atoms with Gasteiger partial charge in [-0.15, -0.1) is 0 Å². The quantitative estimate of drug-likeness (QED) is 0.552. The van der Waals surface area contributed by atoms with Crippen LogP contribution < -0.4 is 15.0 Å². The van der Waals surface area contributed by atoms with Crippen molar-refractivity contribution in [3.05, 3.63) is 54.1 Å². The lowest BCUT2D eigenvalue weighted by molar-refractivity contribution is -0.120. The minimum Gasteiger partial charge on any atom is -0.491 e. The SMILES string of the molecule is CCCOc1ccccc1NC(=O)CO/N=C/c1ccc(N(C)C)cc1. The fourth-order valence-electron chi connectivity index (χ4n) is 2.15. The number of oxime groups is 1. The molecular formula is C20H25N3O3. The van der Waals surface area contributed by atoms with Crippen molar-refractivity contribution in [2.24, 2.45) is 5.16 Å². The van der Waals surface area contributed by atoms with Crippen molar-refractivity contribution in [3.8, 4) is 5.75 Å². The second kappa shape index (κ2) is 10.1. The second-order valence-corrected chi connectivity index (χ2v) is 5.89. The Hall–Kier alpha value is -3.02. The summed E-state index contributed by atoms with van der Waals surface area (Å²) in [6.07, 6.45) is 2.47. The summed E-state index contributed by atoms with van der Waals surface area (Å²) in [4.78, 5) is 19.1. The number of ether oxygens (including phenoxy) is 1. The van der Waals surface area contributed by atoms with E-state index in [2.05, 4.69) is 10.5 Å². The molecule has 2 rings (SSSR count). The van der Waals surface area contributed by atoms with Gasteiger partial charge in [-0.1, -0.05) is 36.3 Å². The summed E-state index contributed by atoms with van der Waals surface area (Å²) in [5.74, 6) is 0.352. The van der Waals surface area contributed by atoms with Gasteiger partial charge in [0.1, 0.15) is 5.75 Å². The first-order valence-electron chi connectivity index (χ1n) is 8.54. The van der Waals surface area contributed by atoms with Crippen molar-refractivity contribution >= 4 is 23.5 Å². The maximum atomic E-state index is 12.0. The van der Waals surface area contributed by atoms with Crippen LogP contribution in [0.4, 0.5) is 11.4 Å². The van der Waals surface area contributed by atoms with Crippen LogP contribution in [-0.2, 0) is 9.63 Å². The Labute approximate surface area is 154 Å². The van der Waals surface area contributed by atoms with E-state index in [0.717, 1.165) is 17.7 Å². The molecular weight excluding hydrogens is 330 g/mol. The average molecular weight is 355 g/mol. The first-order chi connectivity index (χ1) is 12.6. The molecule has 0 aromatic heterocycles. The first-order valence-corrected chi connectivity index (χ1v) is 8.54. The van der Waals surface area contributed by atoms with E-state index >= 15 is 0 Å². The van der Waals surface area contributed by atoms with Gasteiger partial charge in [-0.3, -0.25) is 4.79 Å². The predicted molar refractivity (Wildman–Crippen MR) is 105 cm³/mol. The molecule has 0 saturated heterocycles. The molecule has 6 nitrogen and oxygen atoms in total. The van der Waals surface area contributed by atoms with E-state index in [9.17, 15) is 4.79 Å². The third-order valence-corrected chi connectivity index (χ3v) is 3.50. The minimum atomic E-state index is -0.294. The molecule has 2 aromatic rings. The largest absolute Gasteiger partial charge is 0.491 e. The van der Waals surface area contributed by atoms with Crippen molar-refractivity contribution in [3.63, 3.8) is 0 Å². The number of nitrogens with zero attached hydrogens (tertiary/aromatic N) is 2. The van der Waals surface area contributed by atoms with Crippen molar-refractivity contribution < 1.29 is 14.4 Å². The van der Waals surface area contributed by atoms with Crippen LogP contribution in [0, 0.1) is 0 Å². The zero-order chi connectivity index (χ0) is 18.8. The van der Waals surface area contributed by atoms with E-state index in [4.69, 9.17) is 9.57 Å². The van der Waals surface area contributed by atoms with Gasteiger partial charge in [-0.05, 0) is 36.2 Å². The summed E-state index contributed by atoms with van der Waals surface area (Å²) in [5, 5.41) is 6.61. The van der Waals surface area contributed by atoms with Gasteiger partial charge in [0.05, 0.1) is 18.5 Å². The molecule has 0 saturated carbocycles. The van der Waals surface area contributed by atoms with Crippen LogP contribution in [0.1, 0.15) is 18.9 Å². The fraction of sp³-hybridized carbons (Fsp3) is 0.300. The van der Waals surface area contributed by atoms with Crippen molar-refractivity contribution in [1.82, 2.24) is 0 Å². The Balaban J connectivity index is 1.82. The molecule has 0 heterocycles. The third-order valence-electron chi connectivity index (χ3n) is 3.50. The molecule has 0 fully saturated rings. The molecule has 1 amide bonds. The van der Waals surface area contributed by atoms with Crippen LogP contribution in [0.25, 0.3) is 0 Å². The molecule has 1 N–H and O–H groups in total. The van der Waals surface area contributed by atoms with E-state index in [0.29, 0.717) is 18.0 Å². The highest BCUT2D eigenvalue weighted by atomic mass is 16.6. The molecule has 0 aliphatic heterocycles. The molecule has 26 heavy (non-hydrogen) atoms. The first kappa shape index (κ1) is 19.3. The van der Waals surface area contributed by atoms with E-state index in [1.807, 2.05) is 68.4 Å². The van der Waals surface area contributed by atoms with Crippen molar-refractivity contribution in [2.45, 2.75) is 13.3 Å². The van der Waals surface area contributed by atoms with Crippen molar-refractivity contribution in [1.29, 1.82) is 0 Å². The second-order valence-electron chi connectivity index (χ2n) is 5.89. The van der Waals surface area contributed by atoms with E-state index in [1.165, 1.54) is 0 Å². The minimum absolute atomic E-state index is 0.172. The monoisotopic (exact) mass is 355 g/mol. The van der Waals surface area contributed by atoms with E-state index < -0.39 is 0 Å². The number of amides is 1. The van der Waals surface area contributed by atoms with Gasteiger partial charge in [-0.2, -0.15) is 0 Å². The highest BCUT2D eigenvalue weighted by Crippen LogP contribution is 2.23. The summed E-state index contributed by atoms with van der Waals surface area (Å²) >= 11 is 0. The molecule has 0 bridgehead atoms. The molecule has 2 aromatic carbocycles. The Bertz CT molecular complexity index is 727. The number of carbonyl (C=O) groups is 1. The van der Waals surface area contributed by atoms with Crippen LogP contribution in [0.5, 0.6) is 5.75 Å². The Kier molecular flexibility index (Phi) is 7.49. The van der Waals surface area contributed by atoms with Gasteiger partial charge in [0.25, 0.3) is 5.91 Å². The lowest BCUT2D eigenvalue weighted by Crippen LogP contribution is -2.17. The third kappa shape index (κ3) is 6.12. The normalized spacial score (nSPS) is 10.6. The van der Waals surface area contributed by atoms with E-state index in [1.54, 1.807) is 12.3 Å². The lowest BCUT2D eigenvalue weighted by atomic mass is 10.2.